The van der Waals surface area contributed by atoms with Crippen LogP contribution in [0.1, 0.15) is 50.2 Å². The molecule has 8 heteroatoms. The van der Waals surface area contributed by atoms with Gasteiger partial charge in [-0.15, -0.1) is 0 Å². The van der Waals surface area contributed by atoms with Crippen molar-refractivity contribution in [3.63, 3.8) is 0 Å². The summed E-state index contributed by atoms with van der Waals surface area (Å²) in [4.78, 5) is 45.2. The lowest BCUT2D eigenvalue weighted by atomic mass is 9.62. The first-order chi connectivity index (χ1) is 17.8. The van der Waals surface area contributed by atoms with Gasteiger partial charge in [0.1, 0.15) is 17.5 Å². The molecule has 2 aromatic carbocycles. The van der Waals surface area contributed by atoms with Crippen LogP contribution in [0.3, 0.4) is 0 Å². The van der Waals surface area contributed by atoms with Crippen molar-refractivity contribution in [2.75, 3.05) is 20.3 Å². The van der Waals surface area contributed by atoms with Gasteiger partial charge >= 0.3 is 11.9 Å². The highest BCUT2D eigenvalue weighted by Crippen LogP contribution is 2.48. The number of nitrogens with zero attached hydrogens (tertiary/aromatic N) is 1. The number of benzene rings is 2. The maximum Gasteiger partial charge on any atom is 0.336 e. The van der Waals surface area contributed by atoms with Crippen LogP contribution in [0.4, 0.5) is 4.39 Å². The number of carbonyl (C=O) groups excluding carboxylic acids is 3. The van der Waals surface area contributed by atoms with Gasteiger partial charge in [0, 0.05) is 23.2 Å². The van der Waals surface area contributed by atoms with Crippen LogP contribution in [0.15, 0.2) is 64.8 Å². The molecule has 1 aliphatic heterocycles. The number of aliphatic imine (C=N–C) groups is 1. The summed E-state index contributed by atoms with van der Waals surface area (Å²) in [6, 6.07) is 12.9. The highest BCUT2D eigenvalue weighted by Gasteiger charge is 2.53. The smallest absolute Gasteiger partial charge is 0.336 e. The van der Waals surface area contributed by atoms with E-state index in [-0.39, 0.29) is 24.6 Å². The minimum atomic E-state index is -1.10. The molecule has 0 N–H and O–H groups in total. The number of fused-ring (bicyclic) bond motifs is 1. The van der Waals surface area contributed by atoms with E-state index in [0.717, 1.165) is 5.56 Å². The quantitative estimate of drug-likeness (QED) is 0.396. The van der Waals surface area contributed by atoms with E-state index < -0.39 is 41.4 Å². The summed E-state index contributed by atoms with van der Waals surface area (Å²) < 4.78 is 29.7. The third-order valence-corrected chi connectivity index (χ3v) is 6.96. The Kier molecular flexibility index (Phi) is 7.86. The molecule has 0 radical (unpaired) electrons. The van der Waals surface area contributed by atoms with Gasteiger partial charge in [0.2, 0.25) is 0 Å². The Bertz CT molecular complexity index is 1250. The molecule has 4 rings (SSSR count). The van der Waals surface area contributed by atoms with Gasteiger partial charge in [-0.1, -0.05) is 24.3 Å². The Morgan fingerprint density at radius 1 is 0.946 bits per heavy atom. The molecule has 37 heavy (non-hydrogen) atoms. The molecule has 0 bridgehead atoms. The summed E-state index contributed by atoms with van der Waals surface area (Å²) >= 11 is 0. The van der Waals surface area contributed by atoms with Crippen LogP contribution in [0.2, 0.25) is 0 Å². The number of ketones is 1. The molecule has 2 aromatic rings. The number of allylic oxidation sites excluding steroid dienone is 1. The highest BCUT2D eigenvalue weighted by atomic mass is 19.1. The van der Waals surface area contributed by atoms with Gasteiger partial charge in [-0.05, 0) is 62.6 Å². The Morgan fingerprint density at radius 2 is 1.57 bits per heavy atom. The van der Waals surface area contributed by atoms with Gasteiger partial charge in [0.25, 0.3) is 0 Å². The topological polar surface area (TPSA) is 91.3 Å². The second kappa shape index (κ2) is 11.1. The lowest BCUT2D eigenvalue weighted by molar-refractivity contribution is -0.153. The Labute approximate surface area is 215 Å². The number of esters is 2. The van der Waals surface area contributed by atoms with E-state index in [1.807, 2.05) is 12.1 Å². The van der Waals surface area contributed by atoms with Gasteiger partial charge in [0.05, 0.1) is 31.8 Å². The summed E-state index contributed by atoms with van der Waals surface area (Å²) in [7, 11) is 1.56. The average molecular weight is 508 g/mol. The largest absolute Gasteiger partial charge is 0.497 e. The molecule has 1 saturated carbocycles. The molecule has 0 saturated heterocycles. The predicted octanol–water partition coefficient (Wildman–Crippen LogP) is 4.76. The monoisotopic (exact) mass is 507 g/mol. The zero-order valence-corrected chi connectivity index (χ0v) is 21.3. The fourth-order valence-electron chi connectivity index (χ4n) is 5.35. The molecule has 0 spiro atoms. The maximum absolute atomic E-state index is 14.2. The summed E-state index contributed by atoms with van der Waals surface area (Å²) in [6.45, 7) is 5.36. The van der Waals surface area contributed by atoms with Crippen molar-refractivity contribution in [3.05, 3.63) is 76.7 Å². The van der Waals surface area contributed by atoms with Crippen LogP contribution >= 0.6 is 0 Å². The number of rotatable bonds is 7. The molecular formula is C29H30FNO6. The van der Waals surface area contributed by atoms with Crippen LogP contribution < -0.4 is 4.74 Å². The number of methoxy groups -OCH3 is 1. The van der Waals surface area contributed by atoms with Gasteiger partial charge < -0.3 is 14.2 Å². The number of halogens is 1. The van der Waals surface area contributed by atoms with Crippen molar-refractivity contribution in [1.29, 1.82) is 0 Å². The second-order valence-electron chi connectivity index (χ2n) is 9.05. The van der Waals surface area contributed by atoms with Crippen molar-refractivity contribution >= 4 is 23.4 Å². The Balaban J connectivity index is 1.87. The molecule has 1 fully saturated rings. The van der Waals surface area contributed by atoms with Crippen molar-refractivity contribution in [2.24, 2.45) is 16.8 Å². The summed E-state index contributed by atoms with van der Waals surface area (Å²) in [5.41, 5.74) is 2.60. The van der Waals surface area contributed by atoms with Crippen LogP contribution in [-0.4, -0.2) is 43.8 Å². The zero-order valence-electron chi connectivity index (χ0n) is 21.3. The molecule has 2 aliphatic rings. The maximum atomic E-state index is 14.2. The number of hydrogen-bond donors (Lipinski definition) is 0. The average Bonchev–Trinajstić information content (AvgIpc) is 2.88. The van der Waals surface area contributed by atoms with Gasteiger partial charge in [-0.3, -0.25) is 14.6 Å². The molecule has 194 valence electrons. The summed E-state index contributed by atoms with van der Waals surface area (Å²) in [5.74, 6) is -4.63. The fourth-order valence-corrected chi connectivity index (χ4v) is 5.35. The Hall–Kier alpha value is -3.81. The first kappa shape index (κ1) is 26.3. The number of Topliss-reactive ketones (excluding diaryl/α,β-unsaturated/α-hetero) is 1. The molecule has 7 nitrogen and oxygen atoms in total. The Morgan fingerprint density at radius 3 is 2.16 bits per heavy atom. The van der Waals surface area contributed by atoms with E-state index in [1.54, 1.807) is 52.1 Å². The van der Waals surface area contributed by atoms with E-state index in [9.17, 15) is 18.8 Å². The van der Waals surface area contributed by atoms with Gasteiger partial charge in [0.15, 0.2) is 5.78 Å². The van der Waals surface area contributed by atoms with Crippen molar-refractivity contribution in [3.8, 4) is 5.75 Å². The van der Waals surface area contributed by atoms with E-state index in [1.165, 1.54) is 12.1 Å². The SMILES string of the molecule is CCOC(=O)C1=C(C)N=C2C[C@@H](c3ccc(OC)cc3)[C@H](C(=O)OCC)C(=O)C2[C@@H]1c1ccc(F)cc1. The van der Waals surface area contributed by atoms with Crippen LogP contribution in [0.5, 0.6) is 5.75 Å². The van der Waals surface area contributed by atoms with Crippen LogP contribution in [0, 0.1) is 17.7 Å². The summed E-state index contributed by atoms with van der Waals surface area (Å²) in [5, 5.41) is 0. The molecule has 4 atom stereocenters. The van der Waals surface area contributed by atoms with E-state index in [2.05, 4.69) is 0 Å². The van der Waals surface area contributed by atoms with Crippen molar-refractivity contribution in [1.82, 2.24) is 0 Å². The highest BCUT2D eigenvalue weighted by molar-refractivity contribution is 6.17. The standard InChI is InChI=1S/C29H30FNO6/c1-5-36-28(33)23-16(3)31-22-15-21(17-9-13-20(35-4)14-10-17)25(29(34)37-6-2)27(32)26(22)24(23)18-7-11-19(30)12-8-18/h7-14,21,24-26H,5-6,15H2,1-4H3/t21-,24+,25-,26?/m0/s1. The first-order valence-corrected chi connectivity index (χ1v) is 12.4. The lowest BCUT2D eigenvalue weighted by Gasteiger charge is -2.41. The molecular weight excluding hydrogens is 477 g/mol. The zero-order chi connectivity index (χ0) is 26.7. The normalized spacial score (nSPS) is 23.2. The first-order valence-electron chi connectivity index (χ1n) is 12.4. The van der Waals surface area contributed by atoms with Crippen LogP contribution in [-0.2, 0) is 23.9 Å². The molecule has 1 aliphatic carbocycles. The fraction of sp³-hybridized carbons (Fsp3) is 0.379. The van der Waals surface area contributed by atoms with Gasteiger partial charge in [-0.2, -0.15) is 0 Å². The van der Waals surface area contributed by atoms with Gasteiger partial charge in [-0.25, -0.2) is 9.18 Å². The molecule has 0 amide bonds. The van der Waals surface area contributed by atoms with Crippen LogP contribution in [0.25, 0.3) is 0 Å². The lowest BCUT2D eigenvalue weighted by Crippen LogP contribution is -2.48. The molecule has 1 heterocycles. The number of carbonyl (C=O) groups is 3. The number of ether oxygens (including phenoxy) is 3. The van der Waals surface area contributed by atoms with Crippen molar-refractivity contribution in [2.45, 2.75) is 39.0 Å². The third-order valence-electron chi connectivity index (χ3n) is 6.96. The molecule has 0 aromatic heterocycles. The second-order valence-corrected chi connectivity index (χ2v) is 9.05. The number of hydrogen-bond acceptors (Lipinski definition) is 7. The minimum absolute atomic E-state index is 0.123. The predicted molar refractivity (Wildman–Crippen MR) is 135 cm³/mol. The third kappa shape index (κ3) is 5.05. The van der Waals surface area contributed by atoms with E-state index in [0.29, 0.717) is 29.1 Å². The molecule has 1 unspecified atom stereocenters. The minimum Gasteiger partial charge on any atom is -0.497 e. The van der Waals surface area contributed by atoms with E-state index >= 15 is 0 Å². The van der Waals surface area contributed by atoms with E-state index in [4.69, 9.17) is 19.2 Å². The van der Waals surface area contributed by atoms with Crippen molar-refractivity contribution < 1.29 is 33.0 Å². The summed E-state index contributed by atoms with van der Waals surface area (Å²) in [6.07, 6.45) is 0.317.